The molecule has 1 heterocycles. The van der Waals surface area contributed by atoms with Crippen LogP contribution in [0, 0.1) is 0 Å². The van der Waals surface area contributed by atoms with E-state index < -0.39 is 0 Å². The molecule has 0 saturated carbocycles. The molecule has 0 aliphatic carbocycles. The van der Waals surface area contributed by atoms with Gasteiger partial charge in [-0.2, -0.15) is 0 Å². The molecule has 1 aliphatic heterocycles. The summed E-state index contributed by atoms with van der Waals surface area (Å²) in [5.74, 6) is 0.268. The van der Waals surface area contributed by atoms with Gasteiger partial charge in [-0.15, -0.1) is 0 Å². The van der Waals surface area contributed by atoms with Gasteiger partial charge in [0.1, 0.15) is 5.76 Å². The zero-order valence-electron chi connectivity index (χ0n) is 14.8. The largest absolute Gasteiger partial charge is 0.423 e. The van der Waals surface area contributed by atoms with E-state index in [1.807, 2.05) is 36.5 Å². The van der Waals surface area contributed by atoms with Crippen LogP contribution in [0.3, 0.4) is 0 Å². The maximum Gasteiger partial charge on any atom is 0.336 e. The van der Waals surface area contributed by atoms with Crippen molar-refractivity contribution in [1.82, 2.24) is 0 Å². The number of ether oxygens (including phenoxy) is 1. The molecule has 0 bridgehead atoms. The number of carbonyl (C=O) groups is 1. The number of unbranched alkanes of at least 4 members (excludes halogenated alkanes) is 7. The first kappa shape index (κ1) is 20.0. The van der Waals surface area contributed by atoms with Crippen molar-refractivity contribution >= 4 is 5.97 Å². The monoisotopic (exact) mass is 326 g/mol. The fourth-order valence-corrected chi connectivity index (χ4v) is 2.29. The van der Waals surface area contributed by atoms with Gasteiger partial charge in [-0.3, -0.25) is 0 Å². The highest BCUT2D eigenvalue weighted by molar-refractivity contribution is 5.86. The molecule has 0 aromatic heterocycles. The van der Waals surface area contributed by atoms with Gasteiger partial charge in [0.15, 0.2) is 0 Å². The number of esters is 1. The Morgan fingerprint density at radius 2 is 1.42 bits per heavy atom. The molecular formula is C22H30O2. The summed E-state index contributed by atoms with van der Waals surface area (Å²) in [7, 11) is 0. The van der Waals surface area contributed by atoms with Crippen molar-refractivity contribution in [3.8, 4) is 0 Å². The van der Waals surface area contributed by atoms with Gasteiger partial charge < -0.3 is 4.74 Å². The second-order valence-electron chi connectivity index (χ2n) is 5.82. The first-order valence-electron chi connectivity index (χ1n) is 9.09. The van der Waals surface area contributed by atoms with Gasteiger partial charge in [-0.05, 0) is 25.0 Å². The maximum absolute atomic E-state index is 10.8. The van der Waals surface area contributed by atoms with Gasteiger partial charge in [0.2, 0.25) is 0 Å². The number of cyclic esters (lactones) is 1. The van der Waals surface area contributed by atoms with Crippen LogP contribution in [0.25, 0.3) is 0 Å². The van der Waals surface area contributed by atoms with Crippen molar-refractivity contribution < 1.29 is 9.53 Å². The molecule has 2 nitrogen and oxygen atoms in total. The number of hydrogen-bond acceptors (Lipinski definition) is 2. The van der Waals surface area contributed by atoms with E-state index in [1.165, 1.54) is 57.4 Å². The van der Waals surface area contributed by atoms with Gasteiger partial charge in [0.05, 0.1) is 0 Å². The smallest absolute Gasteiger partial charge is 0.336 e. The molecule has 1 aliphatic rings. The van der Waals surface area contributed by atoms with Gasteiger partial charge in [-0.25, -0.2) is 4.79 Å². The van der Waals surface area contributed by atoms with Crippen LogP contribution in [0.2, 0.25) is 0 Å². The second-order valence-corrected chi connectivity index (χ2v) is 5.82. The molecular weight excluding hydrogens is 296 g/mol. The Hall–Kier alpha value is -2.09. The lowest BCUT2D eigenvalue weighted by Crippen LogP contribution is -1.89. The summed E-state index contributed by atoms with van der Waals surface area (Å²) >= 11 is 0. The SMILES string of the molecule is CCCCCCCCCC=CC=CC=CC=CC=C1C=CC(=O)O1. The van der Waals surface area contributed by atoms with E-state index in [1.54, 1.807) is 12.2 Å². The molecule has 0 fully saturated rings. The highest BCUT2D eigenvalue weighted by Gasteiger charge is 2.06. The Morgan fingerprint density at radius 1 is 0.792 bits per heavy atom. The molecule has 0 spiro atoms. The number of rotatable bonds is 12. The Kier molecular flexibility index (Phi) is 12.1. The summed E-state index contributed by atoms with van der Waals surface area (Å²) in [6.45, 7) is 2.26. The lowest BCUT2D eigenvalue weighted by Gasteiger charge is -1.98. The molecule has 0 aromatic rings. The third-order valence-electron chi connectivity index (χ3n) is 3.64. The Morgan fingerprint density at radius 3 is 2.08 bits per heavy atom. The molecule has 0 aromatic carbocycles. The number of allylic oxidation sites excluding steroid dienone is 10. The lowest BCUT2D eigenvalue weighted by molar-refractivity contribution is -0.132. The van der Waals surface area contributed by atoms with E-state index in [0.717, 1.165) is 0 Å². The third kappa shape index (κ3) is 11.5. The van der Waals surface area contributed by atoms with E-state index in [2.05, 4.69) is 19.1 Å². The molecule has 0 atom stereocenters. The Labute approximate surface area is 147 Å². The summed E-state index contributed by atoms with van der Waals surface area (Å²) in [6.07, 6.45) is 31.6. The van der Waals surface area contributed by atoms with E-state index in [0.29, 0.717) is 5.76 Å². The lowest BCUT2D eigenvalue weighted by atomic mass is 10.1. The highest BCUT2D eigenvalue weighted by Crippen LogP contribution is 2.09. The van der Waals surface area contributed by atoms with E-state index >= 15 is 0 Å². The predicted octanol–water partition coefficient (Wildman–Crippen LogP) is 6.35. The second kappa shape index (κ2) is 14.5. The third-order valence-corrected chi connectivity index (χ3v) is 3.64. The number of hydrogen-bond donors (Lipinski definition) is 0. The molecule has 1 rings (SSSR count). The summed E-state index contributed by atoms with van der Waals surface area (Å²) in [5, 5.41) is 0. The van der Waals surface area contributed by atoms with E-state index in [4.69, 9.17) is 4.74 Å². The van der Waals surface area contributed by atoms with Crippen LogP contribution in [0.15, 0.2) is 72.6 Å². The van der Waals surface area contributed by atoms with Crippen LogP contribution >= 0.6 is 0 Å². The first-order chi connectivity index (χ1) is 11.8. The molecule has 0 unspecified atom stereocenters. The minimum absolute atomic E-state index is 0.309. The predicted molar refractivity (Wildman–Crippen MR) is 102 cm³/mol. The van der Waals surface area contributed by atoms with Crippen molar-refractivity contribution in [3.63, 3.8) is 0 Å². The standard InChI is InChI=1S/C22H30O2/c1-2-3-4-5-6-7-8-9-10-11-12-13-14-15-16-17-18-21-19-20-22(23)24-21/h10-20H,2-9H2,1H3. The average Bonchev–Trinajstić information content (AvgIpc) is 3.00. The molecule has 0 radical (unpaired) electrons. The van der Waals surface area contributed by atoms with Crippen molar-refractivity contribution in [3.05, 3.63) is 72.6 Å². The first-order valence-corrected chi connectivity index (χ1v) is 9.09. The molecule has 0 amide bonds. The summed E-state index contributed by atoms with van der Waals surface area (Å²) in [4.78, 5) is 10.8. The van der Waals surface area contributed by atoms with Crippen molar-refractivity contribution in [2.24, 2.45) is 0 Å². The zero-order valence-corrected chi connectivity index (χ0v) is 14.8. The fraction of sp³-hybridized carbons (Fsp3) is 0.409. The Bertz CT molecular complexity index is 516. The van der Waals surface area contributed by atoms with Crippen LogP contribution in [0.1, 0.15) is 58.3 Å². The zero-order chi connectivity index (χ0) is 17.3. The van der Waals surface area contributed by atoms with Crippen LogP contribution < -0.4 is 0 Å². The van der Waals surface area contributed by atoms with Crippen LogP contribution in [-0.4, -0.2) is 5.97 Å². The van der Waals surface area contributed by atoms with Gasteiger partial charge in [-0.1, -0.05) is 94.1 Å². The van der Waals surface area contributed by atoms with Gasteiger partial charge in [0, 0.05) is 6.08 Å². The molecule has 24 heavy (non-hydrogen) atoms. The van der Waals surface area contributed by atoms with Gasteiger partial charge >= 0.3 is 5.97 Å². The highest BCUT2D eigenvalue weighted by atomic mass is 16.5. The van der Waals surface area contributed by atoms with E-state index in [-0.39, 0.29) is 5.97 Å². The van der Waals surface area contributed by atoms with Crippen molar-refractivity contribution in [1.29, 1.82) is 0 Å². The topological polar surface area (TPSA) is 26.3 Å². The molecule has 0 saturated heterocycles. The minimum atomic E-state index is -0.309. The van der Waals surface area contributed by atoms with Crippen molar-refractivity contribution in [2.75, 3.05) is 0 Å². The minimum Gasteiger partial charge on any atom is -0.423 e. The molecule has 2 heteroatoms. The normalized spacial score (nSPS) is 16.7. The average molecular weight is 326 g/mol. The van der Waals surface area contributed by atoms with E-state index in [9.17, 15) is 4.79 Å². The van der Waals surface area contributed by atoms with Crippen LogP contribution in [0.5, 0.6) is 0 Å². The molecule has 130 valence electrons. The summed E-state index contributed by atoms with van der Waals surface area (Å²) in [5.41, 5.74) is 0. The Balaban J connectivity index is 2.00. The molecule has 0 N–H and O–H groups in total. The fourth-order valence-electron chi connectivity index (χ4n) is 2.29. The summed E-state index contributed by atoms with van der Waals surface area (Å²) < 4.78 is 4.90. The van der Waals surface area contributed by atoms with Gasteiger partial charge in [0.25, 0.3) is 0 Å². The summed E-state index contributed by atoms with van der Waals surface area (Å²) in [6, 6.07) is 0. The van der Waals surface area contributed by atoms with Crippen LogP contribution in [0.4, 0.5) is 0 Å². The van der Waals surface area contributed by atoms with Crippen LogP contribution in [-0.2, 0) is 9.53 Å². The quantitative estimate of drug-likeness (QED) is 0.237. The maximum atomic E-state index is 10.8. The number of carbonyl (C=O) groups excluding carboxylic acids is 1. The van der Waals surface area contributed by atoms with Crippen molar-refractivity contribution in [2.45, 2.75) is 58.3 Å².